The van der Waals surface area contributed by atoms with Crippen molar-refractivity contribution in [2.75, 3.05) is 19.6 Å². The minimum Gasteiger partial charge on any atom is -0.411 e. The van der Waals surface area contributed by atoms with Crippen LogP contribution >= 0.6 is 0 Å². The van der Waals surface area contributed by atoms with E-state index in [2.05, 4.69) is 27.9 Å². The number of oxime groups is 2. The SMILES string of the molecule is C/C(CNCC(C)CNC(C)/C(C)=N\O)=N/O. The summed E-state index contributed by atoms with van der Waals surface area (Å²) in [5.41, 5.74) is 1.34. The summed E-state index contributed by atoms with van der Waals surface area (Å²) in [5, 5.41) is 29.8. The van der Waals surface area contributed by atoms with E-state index >= 15 is 0 Å². The van der Waals surface area contributed by atoms with E-state index in [1.54, 1.807) is 13.8 Å². The summed E-state index contributed by atoms with van der Waals surface area (Å²) in [6.45, 7) is 9.87. The van der Waals surface area contributed by atoms with Crippen LogP contribution in [0.1, 0.15) is 27.7 Å². The van der Waals surface area contributed by atoms with Crippen LogP contribution in [0.25, 0.3) is 0 Å². The third kappa shape index (κ3) is 7.70. The Morgan fingerprint density at radius 2 is 1.76 bits per heavy atom. The molecule has 0 spiro atoms. The van der Waals surface area contributed by atoms with Gasteiger partial charge in [0, 0.05) is 12.6 Å². The van der Waals surface area contributed by atoms with E-state index in [9.17, 15) is 0 Å². The molecule has 6 heteroatoms. The molecule has 0 aromatic rings. The minimum absolute atomic E-state index is 0.0724. The Kier molecular flexibility index (Phi) is 8.35. The normalized spacial score (nSPS) is 16.9. The lowest BCUT2D eigenvalue weighted by Gasteiger charge is -2.17. The van der Waals surface area contributed by atoms with Gasteiger partial charge < -0.3 is 21.0 Å². The van der Waals surface area contributed by atoms with Crippen molar-refractivity contribution in [1.82, 2.24) is 10.6 Å². The van der Waals surface area contributed by atoms with Gasteiger partial charge in [-0.3, -0.25) is 0 Å². The Balaban J connectivity index is 3.70. The molecule has 0 amide bonds. The van der Waals surface area contributed by atoms with Crippen LogP contribution in [0.15, 0.2) is 10.3 Å². The number of nitrogens with one attached hydrogen (secondary N) is 2. The van der Waals surface area contributed by atoms with E-state index < -0.39 is 0 Å². The second kappa shape index (κ2) is 8.95. The zero-order chi connectivity index (χ0) is 13.3. The van der Waals surface area contributed by atoms with Crippen molar-refractivity contribution in [3.05, 3.63) is 0 Å². The summed E-state index contributed by atoms with van der Waals surface area (Å²) in [4.78, 5) is 0. The molecule has 0 aliphatic rings. The third-order valence-electron chi connectivity index (χ3n) is 2.60. The summed E-state index contributed by atoms with van der Waals surface area (Å²) in [7, 11) is 0. The predicted octanol–water partition coefficient (Wildman–Crippen LogP) is 0.890. The zero-order valence-electron chi connectivity index (χ0n) is 11.1. The van der Waals surface area contributed by atoms with Gasteiger partial charge in [-0.25, -0.2) is 0 Å². The van der Waals surface area contributed by atoms with Crippen LogP contribution in [0.5, 0.6) is 0 Å². The van der Waals surface area contributed by atoms with Gasteiger partial charge in [0.2, 0.25) is 0 Å². The van der Waals surface area contributed by atoms with Gasteiger partial charge in [0.05, 0.1) is 11.4 Å². The molecule has 0 aromatic heterocycles. The quantitative estimate of drug-likeness (QED) is 0.290. The molecule has 2 atom stereocenters. The Labute approximate surface area is 103 Å². The maximum absolute atomic E-state index is 8.60. The molecule has 100 valence electrons. The molecule has 0 bridgehead atoms. The molecule has 0 saturated heterocycles. The molecule has 6 nitrogen and oxygen atoms in total. The average Bonchev–Trinajstić information content (AvgIpc) is 2.34. The molecule has 0 saturated carbocycles. The van der Waals surface area contributed by atoms with Gasteiger partial charge in [-0.2, -0.15) is 0 Å². The second-order valence-corrected chi connectivity index (χ2v) is 4.44. The van der Waals surface area contributed by atoms with Crippen molar-refractivity contribution in [3.8, 4) is 0 Å². The highest BCUT2D eigenvalue weighted by Gasteiger charge is 2.08. The lowest BCUT2D eigenvalue weighted by molar-refractivity contribution is 0.315. The van der Waals surface area contributed by atoms with Crippen LogP contribution in [0.4, 0.5) is 0 Å². The molecule has 17 heavy (non-hydrogen) atoms. The van der Waals surface area contributed by atoms with Gasteiger partial charge in [0.25, 0.3) is 0 Å². The summed E-state index contributed by atoms with van der Waals surface area (Å²) in [6.07, 6.45) is 0. The summed E-state index contributed by atoms with van der Waals surface area (Å²) < 4.78 is 0. The highest BCUT2D eigenvalue weighted by Crippen LogP contribution is 1.93. The first kappa shape index (κ1) is 15.9. The fraction of sp³-hybridized carbons (Fsp3) is 0.818. The molecule has 0 aliphatic carbocycles. The molecule has 2 unspecified atom stereocenters. The Hall–Kier alpha value is -1.14. The first-order valence-electron chi connectivity index (χ1n) is 5.81. The Morgan fingerprint density at radius 3 is 2.29 bits per heavy atom. The highest BCUT2D eigenvalue weighted by molar-refractivity contribution is 5.86. The zero-order valence-corrected chi connectivity index (χ0v) is 11.1. The number of rotatable bonds is 8. The second-order valence-electron chi connectivity index (χ2n) is 4.44. The van der Waals surface area contributed by atoms with Gasteiger partial charge in [-0.05, 0) is 39.8 Å². The summed E-state index contributed by atoms with van der Waals surface area (Å²) >= 11 is 0. The van der Waals surface area contributed by atoms with Crippen LogP contribution in [-0.2, 0) is 0 Å². The molecule has 0 radical (unpaired) electrons. The number of hydrogen-bond donors (Lipinski definition) is 4. The van der Waals surface area contributed by atoms with Crippen molar-refractivity contribution in [2.45, 2.75) is 33.7 Å². The maximum atomic E-state index is 8.60. The molecular formula is C11H24N4O2. The van der Waals surface area contributed by atoms with Crippen molar-refractivity contribution >= 4 is 11.4 Å². The van der Waals surface area contributed by atoms with Crippen LogP contribution in [-0.4, -0.2) is 47.5 Å². The Morgan fingerprint density at radius 1 is 1.12 bits per heavy atom. The molecule has 0 fully saturated rings. The van der Waals surface area contributed by atoms with Gasteiger partial charge in [-0.1, -0.05) is 17.2 Å². The highest BCUT2D eigenvalue weighted by atomic mass is 16.4. The molecular weight excluding hydrogens is 220 g/mol. The number of nitrogens with zero attached hydrogens (tertiary/aromatic N) is 2. The van der Waals surface area contributed by atoms with Gasteiger partial charge in [0.1, 0.15) is 0 Å². The maximum Gasteiger partial charge on any atom is 0.0706 e. The van der Waals surface area contributed by atoms with Crippen LogP contribution in [0, 0.1) is 5.92 Å². The summed E-state index contributed by atoms with van der Waals surface area (Å²) in [6, 6.07) is 0.0724. The molecule has 0 heterocycles. The molecule has 0 aromatic carbocycles. The van der Waals surface area contributed by atoms with E-state index in [0.717, 1.165) is 13.1 Å². The van der Waals surface area contributed by atoms with E-state index in [1.807, 2.05) is 6.92 Å². The van der Waals surface area contributed by atoms with Crippen molar-refractivity contribution in [1.29, 1.82) is 0 Å². The molecule has 0 rings (SSSR count). The van der Waals surface area contributed by atoms with Crippen molar-refractivity contribution in [3.63, 3.8) is 0 Å². The van der Waals surface area contributed by atoms with E-state index in [1.165, 1.54) is 0 Å². The van der Waals surface area contributed by atoms with Crippen molar-refractivity contribution < 1.29 is 10.4 Å². The first-order valence-corrected chi connectivity index (χ1v) is 5.81. The smallest absolute Gasteiger partial charge is 0.0706 e. The topological polar surface area (TPSA) is 89.2 Å². The standard InChI is InChI=1S/C11H24N4O2/c1-8(5-12-7-9(2)14-16)6-13-10(3)11(4)15-17/h8,10,12-13,16-17H,5-7H2,1-4H3/b14-9-,15-11-. The third-order valence-corrected chi connectivity index (χ3v) is 2.60. The van der Waals surface area contributed by atoms with Crippen molar-refractivity contribution in [2.24, 2.45) is 16.2 Å². The molecule has 4 N–H and O–H groups in total. The lowest BCUT2D eigenvalue weighted by atomic mass is 10.1. The van der Waals surface area contributed by atoms with Crippen LogP contribution in [0.2, 0.25) is 0 Å². The average molecular weight is 244 g/mol. The first-order chi connectivity index (χ1) is 8.01. The fourth-order valence-electron chi connectivity index (χ4n) is 1.22. The predicted molar refractivity (Wildman–Crippen MR) is 69.3 cm³/mol. The van der Waals surface area contributed by atoms with Gasteiger partial charge in [0.15, 0.2) is 0 Å². The van der Waals surface area contributed by atoms with Gasteiger partial charge >= 0.3 is 0 Å². The van der Waals surface area contributed by atoms with Crippen LogP contribution < -0.4 is 10.6 Å². The minimum atomic E-state index is 0.0724. The fourth-order valence-corrected chi connectivity index (χ4v) is 1.22. The van der Waals surface area contributed by atoms with E-state index in [-0.39, 0.29) is 6.04 Å². The Bertz CT molecular complexity index is 266. The van der Waals surface area contributed by atoms with E-state index in [0.29, 0.717) is 23.9 Å². The van der Waals surface area contributed by atoms with Crippen LogP contribution in [0.3, 0.4) is 0 Å². The largest absolute Gasteiger partial charge is 0.411 e. The monoisotopic (exact) mass is 244 g/mol. The van der Waals surface area contributed by atoms with Gasteiger partial charge in [-0.15, -0.1) is 0 Å². The lowest BCUT2D eigenvalue weighted by Crippen LogP contribution is -2.38. The summed E-state index contributed by atoms with van der Waals surface area (Å²) in [5.74, 6) is 0.440. The van der Waals surface area contributed by atoms with E-state index in [4.69, 9.17) is 10.4 Å². The number of hydrogen-bond acceptors (Lipinski definition) is 6. The molecule has 0 aliphatic heterocycles.